The van der Waals surface area contributed by atoms with E-state index in [1.807, 2.05) is 0 Å². The van der Waals surface area contributed by atoms with Gasteiger partial charge in [-0.25, -0.2) is 8.98 Å². The summed E-state index contributed by atoms with van der Waals surface area (Å²) in [5, 5.41) is 101. The van der Waals surface area contributed by atoms with Crippen LogP contribution >= 0.6 is 0 Å². The molecule has 3 heterocycles. The molecule has 16 atom stereocenters. The summed E-state index contributed by atoms with van der Waals surface area (Å²) in [6.07, 6.45) is -24.4. The highest BCUT2D eigenvalue weighted by molar-refractivity contribution is 7.80. The van der Waals surface area contributed by atoms with E-state index in [2.05, 4.69) is 20.1 Å². The van der Waals surface area contributed by atoms with Gasteiger partial charge in [-0.3, -0.25) is 18.9 Å². The number of hydrogen-bond donors (Lipinski definition) is 13. The zero-order valence-electron chi connectivity index (χ0n) is 28.3. The van der Waals surface area contributed by atoms with Crippen molar-refractivity contribution in [3.63, 3.8) is 0 Å². The van der Waals surface area contributed by atoms with Gasteiger partial charge in [0, 0.05) is 27.2 Å². The van der Waals surface area contributed by atoms with Crippen LogP contribution in [0, 0.1) is 0 Å². The number of carbonyl (C=O) groups excluding carboxylic acids is 3. The molecule has 3 amide bonds. The summed E-state index contributed by atoms with van der Waals surface area (Å²) in [6.45, 7) is -0.182. The smallest absolute Gasteiger partial charge is 0.397 e. The van der Waals surface area contributed by atoms with Gasteiger partial charge in [-0.2, -0.15) is 8.42 Å². The second kappa shape index (κ2) is 18.2. The number of carboxylic acid groups (broad SMARTS) is 1. The van der Waals surface area contributed by atoms with Gasteiger partial charge in [0.2, 0.25) is 17.7 Å². The van der Waals surface area contributed by atoms with Crippen LogP contribution in [0.15, 0.2) is 0 Å². The number of nitrogens with one attached hydrogen (secondary N) is 3. The molecule has 3 fully saturated rings. The predicted octanol–water partition coefficient (Wildman–Crippen LogP) is -8.11. The molecule has 0 unspecified atom stereocenters. The quantitative estimate of drug-likeness (QED) is 0.0684. The van der Waals surface area contributed by atoms with E-state index in [0.717, 1.165) is 20.8 Å². The van der Waals surface area contributed by atoms with Gasteiger partial charge in [-0.15, -0.1) is 0 Å². The first-order valence-electron chi connectivity index (χ1n) is 15.8. The van der Waals surface area contributed by atoms with Crippen molar-refractivity contribution in [1.82, 2.24) is 16.0 Å². The maximum absolute atomic E-state index is 12.6. The third kappa shape index (κ3) is 11.2. The fourth-order valence-corrected chi connectivity index (χ4v) is 6.30. The number of hydrogen-bond acceptors (Lipinski definition) is 20. The molecular weight excluding hydrogens is 750 g/mol. The molecule has 0 aromatic carbocycles. The van der Waals surface area contributed by atoms with Crippen molar-refractivity contribution in [2.45, 2.75) is 125 Å². The summed E-state index contributed by atoms with van der Waals surface area (Å²) in [7, 11) is -5.10. The minimum absolute atomic E-state index is 0.758. The molecular formula is C27H45N3O22S. The molecule has 3 aliphatic heterocycles. The van der Waals surface area contributed by atoms with Gasteiger partial charge in [-0.05, 0) is 0 Å². The van der Waals surface area contributed by atoms with Crippen molar-refractivity contribution in [2.75, 3.05) is 19.8 Å². The third-order valence-corrected chi connectivity index (χ3v) is 8.91. The van der Waals surface area contributed by atoms with Crippen LogP contribution in [0.1, 0.15) is 27.2 Å². The molecule has 0 aromatic rings. The van der Waals surface area contributed by atoms with E-state index in [9.17, 15) is 73.6 Å². The monoisotopic (exact) mass is 795 g/mol. The van der Waals surface area contributed by atoms with Crippen LogP contribution in [-0.2, 0) is 57.4 Å². The van der Waals surface area contributed by atoms with Gasteiger partial charge in [0.15, 0.2) is 12.6 Å². The largest absolute Gasteiger partial charge is 0.477 e. The van der Waals surface area contributed by atoms with Gasteiger partial charge >= 0.3 is 16.4 Å². The molecule has 26 heteroatoms. The van der Waals surface area contributed by atoms with Crippen molar-refractivity contribution in [3.8, 4) is 0 Å². The summed E-state index contributed by atoms with van der Waals surface area (Å²) in [5.41, 5.74) is 0. The molecule has 0 saturated carbocycles. The summed E-state index contributed by atoms with van der Waals surface area (Å²) in [6, 6.07) is -4.93. The molecule has 0 aromatic heterocycles. The maximum atomic E-state index is 12.6. The van der Waals surface area contributed by atoms with Crippen molar-refractivity contribution in [3.05, 3.63) is 0 Å². The molecule has 3 rings (SSSR count). The van der Waals surface area contributed by atoms with Crippen molar-refractivity contribution < 1.29 is 106 Å². The summed E-state index contributed by atoms with van der Waals surface area (Å²) >= 11 is 0. The number of amides is 3. The normalized spacial score (nSPS) is 39.0. The van der Waals surface area contributed by atoms with E-state index >= 15 is 0 Å². The predicted molar refractivity (Wildman–Crippen MR) is 164 cm³/mol. The van der Waals surface area contributed by atoms with E-state index < -0.39 is 158 Å². The molecule has 0 bridgehead atoms. The van der Waals surface area contributed by atoms with Gasteiger partial charge in [0.05, 0.1) is 32.0 Å². The summed E-state index contributed by atoms with van der Waals surface area (Å²) < 4.78 is 63.3. The zero-order valence-corrected chi connectivity index (χ0v) is 29.1. The van der Waals surface area contributed by atoms with Gasteiger partial charge < -0.3 is 85.6 Å². The van der Waals surface area contributed by atoms with Crippen LogP contribution in [0.3, 0.4) is 0 Å². The Balaban J connectivity index is 1.95. The summed E-state index contributed by atoms with van der Waals surface area (Å²) in [4.78, 5) is 48.4. The van der Waals surface area contributed by atoms with Crippen LogP contribution in [0.2, 0.25) is 0 Å². The molecule has 0 aliphatic carbocycles. The Morgan fingerprint density at radius 2 is 1.38 bits per heavy atom. The second-order valence-electron chi connectivity index (χ2n) is 12.5. The maximum Gasteiger partial charge on any atom is 0.397 e. The number of rotatable bonds is 15. The van der Waals surface area contributed by atoms with Crippen LogP contribution < -0.4 is 16.0 Å². The average Bonchev–Trinajstić information content (AvgIpc) is 3.05. The van der Waals surface area contributed by atoms with E-state index in [1.54, 1.807) is 0 Å². The average molecular weight is 796 g/mol. The fraction of sp³-hybridized carbons (Fsp3) is 0.852. The molecule has 0 spiro atoms. The molecule has 0 radical (unpaired) electrons. The van der Waals surface area contributed by atoms with Crippen LogP contribution in [0.25, 0.3) is 0 Å². The first kappa shape index (κ1) is 44.6. The number of aliphatic hydroxyl groups is 8. The lowest BCUT2D eigenvalue weighted by atomic mass is 9.88. The van der Waals surface area contributed by atoms with Crippen molar-refractivity contribution in [2.24, 2.45) is 0 Å². The molecule has 13 N–H and O–H groups in total. The highest BCUT2D eigenvalue weighted by atomic mass is 32.3. The van der Waals surface area contributed by atoms with Crippen molar-refractivity contribution in [1.29, 1.82) is 0 Å². The lowest BCUT2D eigenvalue weighted by molar-refractivity contribution is -0.341. The highest BCUT2D eigenvalue weighted by Crippen LogP contribution is 2.35. The van der Waals surface area contributed by atoms with Gasteiger partial charge in [-0.1, -0.05) is 0 Å². The number of carbonyl (C=O) groups is 4. The first-order valence-corrected chi connectivity index (χ1v) is 17.2. The molecule has 3 aliphatic rings. The number of ether oxygens (including phenoxy) is 5. The van der Waals surface area contributed by atoms with E-state index in [0.29, 0.717) is 0 Å². The van der Waals surface area contributed by atoms with Gasteiger partial charge in [0.25, 0.3) is 5.79 Å². The van der Waals surface area contributed by atoms with Gasteiger partial charge in [0.1, 0.15) is 67.0 Å². The minimum atomic E-state index is -5.10. The Bertz CT molecular complexity index is 1410. The van der Waals surface area contributed by atoms with Crippen LogP contribution in [0.5, 0.6) is 0 Å². The standard InChI is InChI=1S/C27H45N3O22S/c1-8(32)28-15-11(35)4-27(26(42)43,52-23(15)18(37)12(36)5-31)47-6-13-20(39)22(17(24(41)49-13)30-10(3)34)51-25-16(29-9(2)33)21(40)19(38)14(50-25)7-48-53(44,45)46/h11-25,31,35-41H,4-7H2,1-3H3,(H,28,32)(H,29,33)(H,30,34)(H,42,43)(H,44,45,46)/t11-,12+,13+,14+,15+,16+,17+,18+,19+,20-,21+,22+,23+,24+,25-,27+/m0/s1. The zero-order chi connectivity index (χ0) is 40.2. The van der Waals surface area contributed by atoms with Crippen molar-refractivity contribution >= 4 is 34.1 Å². The first-order chi connectivity index (χ1) is 24.5. The lowest BCUT2D eigenvalue weighted by Crippen LogP contribution is -2.70. The topological polar surface area (TPSA) is 396 Å². The van der Waals surface area contributed by atoms with Crippen LogP contribution in [-0.4, -0.2) is 200 Å². The fourth-order valence-electron chi connectivity index (χ4n) is 6.00. The van der Waals surface area contributed by atoms with E-state index in [4.69, 9.17) is 28.2 Å². The third-order valence-electron chi connectivity index (χ3n) is 8.47. The second-order valence-corrected chi connectivity index (χ2v) is 13.6. The van der Waals surface area contributed by atoms with Crippen LogP contribution in [0.4, 0.5) is 0 Å². The number of carboxylic acids is 1. The Kier molecular flexibility index (Phi) is 15.4. The molecule has 53 heavy (non-hydrogen) atoms. The lowest BCUT2D eigenvalue weighted by Gasteiger charge is -2.49. The Labute approximate surface area is 300 Å². The Hall–Kier alpha value is -2.77. The molecule has 3 saturated heterocycles. The number of aliphatic carboxylic acids is 1. The Morgan fingerprint density at radius 3 is 1.91 bits per heavy atom. The van der Waals surface area contributed by atoms with E-state index in [1.165, 1.54) is 0 Å². The highest BCUT2D eigenvalue weighted by Gasteiger charge is 2.57. The molecule has 25 nitrogen and oxygen atoms in total. The van der Waals surface area contributed by atoms with E-state index in [-0.39, 0.29) is 0 Å². The number of aliphatic hydroxyl groups excluding tert-OH is 8. The summed E-state index contributed by atoms with van der Waals surface area (Å²) in [5.74, 6) is -7.23. The SMILES string of the molecule is CC(=O)N[C@@H]1[C@@H](O[C@@H]2O[C@H](COS(=O)(=O)O)[C@@H](O)[C@H](O)[C@H]2NC(C)=O)[C@@H](O)[C@@H](CO[C@]2(C(=O)O)C[C@H](O)[C@@H](NC(C)=O)[C@H]([C@H](O)[C@H](O)CO)O2)O[C@H]1O. The Morgan fingerprint density at radius 1 is 0.830 bits per heavy atom. The minimum Gasteiger partial charge on any atom is -0.477 e. The molecule has 306 valence electrons.